The highest BCUT2D eigenvalue weighted by molar-refractivity contribution is 6.13. The van der Waals surface area contributed by atoms with Crippen molar-refractivity contribution in [2.45, 2.75) is 0 Å². The normalized spacial score (nSPS) is 14.3. The summed E-state index contributed by atoms with van der Waals surface area (Å²) in [6, 6.07) is 30.8. The van der Waals surface area contributed by atoms with Crippen LogP contribution in [-0.4, -0.2) is 14.1 Å². The topological polar surface area (TPSA) is 25.6 Å². The first-order valence-electron chi connectivity index (χ1n) is 15.9. The lowest BCUT2D eigenvalue weighted by molar-refractivity contribution is 1.18. The lowest BCUT2D eigenvalue weighted by Crippen LogP contribution is -1.94. The zero-order valence-electron chi connectivity index (χ0n) is 26.6. The van der Waals surface area contributed by atoms with Crippen molar-refractivity contribution in [3.8, 4) is 11.4 Å². The molecule has 3 heterocycles. The Kier molecular flexibility index (Phi) is 3.10. The quantitative estimate of drug-likeness (QED) is 0.243. The second-order valence-corrected chi connectivity index (χ2v) is 9.81. The number of rotatable bonds is 2. The predicted molar refractivity (Wildman–Crippen MR) is 164 cm³/mol. The van der Waals surface area contributed by atoms with E-state index in [1.165, 1.54) is 0 Å². The molecule has 0 bridgehead atoms. The van der Waals surface area contributed by atoms with E-state index >= 15 is 0 Å². The van der Waals surface area contributed by atoms with Crippen LogP contribution in [0.2, 0.25) is 0 Å². The number of para-hydroxylation sites is 4. The highest BCUT2D eigenvalue weighted by atomic mass is 15.0. The number of aromatic nitrogens is 3. The molecule has 0 fully saturated rings. The summed E-state index contributed by atoms with van der Waals surface area (Å²) in [6.45, 7) is 0. The van der Waals surface area contributed by atoms with Crippen LogP contribution in [0.5, 0.6) is 0 Å². The van der Waals surface area contributed by atoms with E-state index in [0.717, 1.165) is 43.6 Å². The maximum Gasteiger partial charge on any atom is 0.0652 e. The molecule has 0 atom stereocenters. The van der Waals surface area contributed by atoms with Gasteiger partial charge in [0.05, 0.1) is 30.3 Å². The monoisotopic (exact) mass is 503 g/mol. The Hall–Kier alpha value is -5.28. The van der Waals surface area contributed by atoms with Crippen molar-refractivity contribution in [1.82, 2.24) is 14.1 Å². The van der Waals surface area contributed by atoms with Gasteiger partial charge in [-0.05, 0) is 60.5 Å². The number of nitrogens with one attached hydrogen (secondary N) is 1. The molecule has 0 aliphatic carbocycles. The Bertz CT molecular complexity index is 2440. The van der Waals surface area contributed by atoms with Crippen molar-refractivity contribution in [2.24, 2.45) is 0 Å². The SMILES string of the molecule is [2H]c1c(-n2c3ccccc3c3ccccc32)c([2H])c2c([nH]c3c([2H])c([2H])c(-n4c5ccccc5c5ccccc54)c([2H])c32)c1[2H]. The summed E-state index contributed by atoms with van der Waals surface area (Å²) < 4.78 is 59.3. The third kappa shape index (κ3) is 2.82. The Morgan fingerprint density at radius 2 is 0.744 bits per heavy atom. The van der Waals surface area contributed by atoms with Crippen LogP contribution >= 0.6 is 0 Å². The fourth-order valence-corrected chi connectivity index (χ4v) is 6.03. The summed E-state index contributed by atoms with van der Waals surface area (Å²) in [5.74, 6) is 0. The van der Waals surface area contributed by atoms with E-state index in [0.29, 0.717) is 10.8 Å². The molecule has 0 aliphatic heterocycles. The van der Waals surface area contributed by atoms with E-state index < -0.39 is 0 Å². The van der Waals surface area contributed by atoms with Gasteiger partial charge >= 0.3 is 0 Å². The maximum atomic E-state index is 9.59. The number of hydrogen-bond acceptors (Lipinski definition) is 0. The van der Waals surface area contributed by atoms with Gasteiger partial charge in [-0.3, -0.25) is 0 Å². The van der Waals surface area contributed by atoms with E-state index in [4.69, 9.17) is 5.48 Å². The van der Waals surface area contributed by atoms with Crippen LogP contribution in [0, 0.1) is 0 Å². The highest BCUT2D eigenvalue weighted by Crippen LogP contribution is 2.36. The van der Waals surface area contributed by atoms with E-state index in [-0.39, 0.29) is 58.7 Å². The lowest BCUT2D eigenvalue weighted by Gasteiger charge is -2.09. The molecule has 0 amide bonds. The summed E-state index contributed by atoms with van der Waals surface area (Å²) in [5.41, 5.74) is 4.15. The lowest BCUT2D eigenvalue weighted by atomic mass is 10.1. The smallest absolute Gasteiger partial charge is 0.0652 e. The molecular formula is C36H23N3. The van der Waals surface area contributed by atoms with Crippen LogP contribution in [-0.2, 0) is 0 Å². The van der Waals surface area contributed by atoms with E-state index in [1.54, 1.807) is 0 Å². The molecule has 0 unspecified atom stereocenters. The Balaban J connectivity index is 1.47. The molecule has 0 radical (unpaired) electrons. The molecule has 3 heteroatoms. The van der Waals surface area contributed by atoms with Crippen LogP contribution in [0.3, 0.4) is 0 Å². The minimum Gasteiger partial charge on any atom is -0.355 e. The molecule has 3 aromatic heterocycles. The minimum absolute atomic E-state index is 0.0115. The van der Waals surface area contributed by atoms with Crippen LogP contribution in [0.4, 0.5) is 0 Å². The molecular weight excluding hydrogens is 474 g/mol. The van der Waals surface area contributed by atoms with Crippen LogP contribution in [0.25, 0.3) is 76.8 Å². The zero-order valence-corrected chi connectivity index (χ0v) is 20.6. The number of nitrogens with zero attached hydrogens (tertiary/aromatic N) is 2. The minimum atomic E-state index is -0.127. The van der Waals surface area contributed by atoms with Gasteiger partial charge in [0.25, 0.3) is 0 Å². The molecule has 0 saturated carbocycles. The van der Waals surface area contributed by atoms with Crippen molar-refractivity contribution >= 4 is 65.4 Å². The Morgan fingerprint density at radius 1 is 0.410 bits per heavy atom. The molecule has 9 aromatic rings. The van der Waals surface area contributed by atoms with Gasteiger partial charge in [0, 0.05) is 54.7 Å². The first-order chi connectivity index (χ1) is 21.9. The average molecular weight is 504 g/mol. The third-order valence-electron chi connectivity index (χ3n) is 7.71. The highest BCUT2D eigenvalue weighted by Gasteiger charge is 2.15. The fraction of sp³-hybridized carbons (Fsp3) is 0. The summed E-state index contributed by atoms with van der Waals surface area (Å²) >= 11 is 0. The molecule has 0 spiro atoms. The molecule has 0 saturated heterocycles. The number of H-pyrrole nitrogens is 1. The van der Waals surface area contributed by atoms with Gasteiger partial charge < -0.3 is 14.1 Å². The summed E-state index contributed by atoms with van der Waals surface area (Å²) in [4.78, 5) is 3.10. The van der Waals surface area contributed by atoms with E-state index in [9.17, 15) is 2.74 Å². The van der Waals surface area contributed by atoms with Crippen LogP contribution in [0.1, 0.15) is 8.22 Å². The van der Waals surface area contributed by atoms with Crippen molar-refractivity contribution in [3.05, 3.63) is 133 Å². The van der Waals surface area contributed by atoms with E-state index in [1.807, 2.05) is 106 Å². The largest absolute Gasteiger partial charge is 0.355 e. The third-order valence-corrected chi connectivity index (χ3v) is 7.71. The average Bonchev–Trinajstić information content (AvgIpc) is 3.73. The number of aromatic amines is 1. The van der Waals surface area contributed by atoms with E-state index in [2.05, 4.69) is 4.98 Å². The van der Waals surface area contributed by atoms with Crippen molar-refractivity contribution < 1.29 is 8.22 Å². The Morgan fingerprint density at radius 3 is 1.10 bits per heavy atom. The maximum absolute atomic E-state index is 9.59. The van der Waals surface area contributed by atoms with Crippen molar-refractivity contribution in [3.63, 3.8) is 0 Å². The number of hydrogen-bond donors (Lipinski definition) is 1. The summed E-state index contributed by atoms with van der Waals surface area (Å²) in [7, 11) is 0. The van der Waals surface area contributed by atoms with Crippen LogP contribution < -0.4 is 0 Å². The predicted octanol–water partition coefficient (Wildman–Crippen LogP) is 9.52. The van der Waals surface area contributed by atoms with Gasteiger partial charge in [-0.1, -0.05) is 72.8 Å². The fourth-order valence-electron chi connectivity index (χ4n) is 6.03. The summed E-state index contributed by atoms with van der Waals surface area (Å²) in [5, 5.41) is 4.48. The second-order valence-electron chi connectivity index (χ2n) is 9.81. The van der Waals surface area contributed by atoms with Crippen molar-refractivity contribution in [1.29, 1.82) is 0 Å². The van der Waals surface area contributed by atoms with Gasteiger partial charge in [0.15, 0.2) is 0 Å². The first kappa shape index (κ1) is 15.9. The molecule has 39 heavy (non-hydrogen) atoms. The zero-order chi connectivity index (χ0) is 30.7. The van der Waals surface area contributed by atoms with Gasteiger partial charge in [-0.25, -0.2) is 0 Å². The van der Waals surface area contributed by atoms with Gasteiger partial charge in [-0.15, -0.1) is 0 Å². The Labute approximate surface area is 232 Å². The molecule has 0 aliphatic rings. The van der Waals surface area contributed by atoms with Gasteiger partial charge in [-0.2, -0.15) is 0 Å². The molecule has 6 aromatic carbocycles. The number of benzene rings is 6. The first-order valence-corrected chi connectivity index (χ1v) is 12.9. The van der Waals surface area contributed by atoms with Gasteiger partial charge in [0.1, 0.15) is 0 Å². The standard InChI is InChI=1S/C36H23N3/c1-5-13-33-25(9-1)26-10-2-6-14-34(26)38(33)23-17-19-31-29(21-23)30-22-24(18-20-32(30)37-31)39-35-15-7-3-11-27(35)28-12-4-8-16-36(28)39/h1-22,37H/i17D,18D,19D,20D,21D,22D. The van der Waals surface area contributed by atoms with Gasteiger partial charge in [0.2, 0.25) is 0 Å². The molecule has 9 rings (SSSR count). The van der Waals surface area contributed by atoms with Crippen molar-refractivity contribution in [2.75, 3.05) is 0 Å². The summed E-state index contributed by atoms with van der Waals surface area (Å²) in [6.07, 6.45) is 0. The second kappa shape index (κ2) is 7.62. The molecule has 3 nitrogen and oxygen atoms in total. The van der Waals surface area contributed by atoms with Crippen LogP contribution in [0.15, 0.2) is 133 Å². The molecule has 1 N–H and O–H groups in total. The number of fused-ring (bicyclic) bond motifs is 9. The molecule has 182 valence electrons.